The maximum atomic E-state index is 4.61. The summed E-state index contributed by atoms with van der Waals surface area (Å²) in [5, 5.41) is 5.90. The molecule has 3 rings (SSSR count). The van der Waals surface area contributed by atoms with Crippen LogP contribution in [-0.2, 0) is 6.54 Å². The van der Waals surface area contributed by atoms with Crippen LogP contribution in [0.1, 0.15) is 31.1 Å². The fraction of sp³-hybridized carbons (Fsp3) is 0.312. The number of benzene rings is 1. The predicted molar refractivity (Wildman–Crippen MR) is 78.4 cm³/mol. The van der Waals surface area contributed by atoms with Crippen LogP contribution in [0.3, 0.4) is 0 Å². The fourth-order valence-corrected chi connectivity index (χ4v) is 2.36. The molecule has 0 spiro atoms. The van der Waals surface area contributed by atoms with Crippen LogP contribution < -0.4 is 0 Å². The van der Waals surface area contributed by atoms with E-state index in [1.165, 1.54) is 16.5 Å². The van der Waals surface area contributed by atoms with Crippen LogP contribution in [0.4, 0.5) is 0 Å². The Bertz CT molecular complexity index is 704. The molecule has 0 unspecified atom stereocenters. The van der Waals surface area contributed by atoms with Crippen molar-refractivity contribution in [2.24, 2.45) is 0 Å². The summed E-state index contributed by atoms with van der Waals surface area (Å²) < 4.78 is 4.27. The number of aromatic nitrogens is 3. The quantitative estimate of drug-likeness (QED) is 0.696. The van der Waals surface area contributed by atoms with E-state index in [0.717, 1.165) is 12.2 Å². The minimum absolute atomic E-state index is 0.414. The van der Waals surface area contributed by atoms with Crippen LogP contribution in [0, 0.1) is 6.92 Å². The van der Waals surface area contributed by atoms with Crippen molar-refractivity contribution in [2.45, 2.75) is 33.4 Å². The number of fused-ring (bicyclic) bond motifs is 1. The standard InChI is InChI=1S/C16H19N3/c1-12(2)19-9-7-15(17-19)11-18-8-6-14-5-4-13(3)10-16(14)18/h4-10,12H,11H2,1-3H3. The van der Waals surface area contributed by atoms with Gasteiger partial charge in [-0.2, -0.15) is 5.10 Å². The van der Waals surface area contributed by atoms with Crippen LogP contribution in [-0.4, -0.2) is 14.3 Å². The summed E-state index contributed by atoms with van der Waals surface area (Å²) >= 11 is 0. The van der Waals surface area contributed by atoms with E-state index in [9.17, 15) is 0 Å². The molecule has 0 saturated heterocycles. The number of aryl methyl sites for hydroxylation is 1. The Hall–Kier alpha value is -2.03. The third-order valence-electron chi connectivity index (χ3n) is 3.45. The molecule has 0 aliphatic heterocycles. The third kappa shape index (κ3) is 2.28. The molecule has 0 aliphatic carbocycles. The minimum atomic E-state index is 0.414. The van der Waals surface area contributed by atoms with E-state index in [2.05, 4.69) is 73.2 Å². The van der Waals surface area contributed by atoms with Crippen molar-refractivity contribution in [3.8, 4) is 0 Å². The largest absolute Gasteiger partial charge is 0.341 e. The molecule has 3 heteroatoms. The number of rotatable bonds is 3. The lowest BCUT2D eigenvalue weighted by Gasteiger charge is -2.05. The van der Waals surface area contributed by atoms with Crippen LogP contribution in [0.15, 0.2) is 42.7 Å². The highest BCUT2D eigenvalue weighted by Crippen LogP contribution is 2.18. The average Bonchev–Trinajstić information content (AvgIpc) is 2.98. The monoisotopic (exact) mass is 253 g/mol. The zero-order valence-corrected chi connectivity index (χ0v) is 11.7. The zero-order valence-electron chi connectivity index (χ0n) is 11.7. The van der Waals surface area contributed by atoms with Gasteiger partial charge in [0.05, 0.1) is 12.2 Å². The SMILES string of the molecule is Cc1ccc2ccn(Cc3ccn(C(C)C)n3)c2c1. The fourth-order valence-electron chi connectivity index (χ4n) is 2.36. The molecule has 3 aromatic rings. The van der Waals surface area contributed by atoms with Gasteiger partial charge in [-0.15, -0.1) is 0 Å². The predicted octanol–water partition coefficient (Wildman–Crippen LogP) is 3.78. The molecule has 0 amide bonds. The van der Waals surface area contributed by atoms with Crippen LogP contribution in [0.25, 0.3) is 10.9 Å². The molecule has 0 N–H and O–H groups in total. The van der Waals surface area contributed by atoms with Crippen molar-refractivity contribution in [3.05, 3.63) is 54.0 Å². The van der Waals surface area contributed by atoms with E-state index in [1.807, 2.05) is 4.68 Å². The lowest BCUT2D eigenvalue weighted by Crippen LogP contribution is -2.04. The lowest BCUT2D eigenvalue weighted by atomic mass is 10.2. The van der Waals surface area contributed by atoms with Gasteiger partial charge >= 0.3 is 0 Å². The van der Waals surface area contributed by atoms with Gasteiger partial charge < -0.3 is 4.57 Å². The van der Waals surface area contributed by atoms with Gasteiger partial charge in [-0.1, -0.05) is 12.1 Å². The van der Waals surface area contributed by atoms with E-state index in [-0.39, 0.29) is 0 Å². The zero-order chi connectivity index (χ0) is 13.4. The van der Waals surface area contributed by atoms with Crippen molar-refractivity contribution in [1.82, 2.24) is 14.3 Å². The second-order valence-electron chi connectivity index (χ2n) is 5.39. The highest BCUT2D eigenvalue weighted by atomic mass is 15.3. The molecule has 0 fully saturated rings. The van der Waals surface area contributed by atoms with E-state index < -0.39 is 0 Å². The van der Waals surface area contributed by atoms with E-state index in [0.29, 0.717) is 6.04 Å². The van der Waals surface area contributed by atoms with Crippen LogP contribution in [0.5, 0.6) is 0 Å². The van der Waals surface area contributed by atoms with Gasteiger partial charge in [0, 0.05) is 24.0 Å². The lowest BCUT2D eigenvalue weighted by molar-refractivity contribution is 0.524. The molecule has 98 valence electrons. The molecule has 3 nitrogen and oxygen atoms in total. The second-order valence-corrected chi connectivity index (χ2v) is 5.39. The average molecular weight is 253 g/mol. The van der Waals surface area contributed by atoms with Gasteiger partial charge in [-0.05, 0) is 49.9 Å². The molecule has 0 bridgehead atoms. The molecule has 0 atom stereocenters. The highest BCUT2D eigenvalue weighted by Gasteiger charge is 2.05. The second kappa shape index (κ2) is 4.57. The summed E-state index contributed by atoms with van der Waals surface area (Å²) in [5.41, 5.74) is 3.67. The number of hydrogen-bond donors (Lipinski definition) is 0. The molecule has 0 aliphatic rings. The Morgan fingerprint density at radius 2 is 1.95 bits per heavy atom. The van der Waals surface area contributed by atoms with Crippen LogP contribution >= 0.6 is 0 Å². The first kappa shape index (κ1) is 12.0. The van der Waals surface area contributed by atoms with Crippen molar-refractivity contribution >= 4 is 10.9 Å². The molecule has 0 saturated carbocycles. The minimum Gasteiger partial charge on any atom is -0.341 e. The third-order valence-corrected chi connectivity index (χ3v) is 3.45. The summed E-state index contributed by atoms with van der Waals surface area (Å²) in [6.07, 6.45) is 4.19. The van der Waals surface area contributed by atoms with Gasteiger partial charge in [0.1, 0.15) is 0 Å². The molecular formula is C16H19N3. The summed E-state index contributed by atoms with van der Waals surface area (Å²) in [7, 11) is 0. The van der Waals surface area contributed by atoms with Gasteiger partial charge in [-0.25, -0.2) is 0 Å². The number of nitrogens with zero attached hydrogens (tertiary/aromatic N) is 3. The molecule has 0 radical (unpaired) electrons. The summed E-state index contributed by atoms with van der Waals surface area (Å²) in [4.78, 5) is 0. The van der Waals surface area contributed by atoms with Crippen molar-refractivity contribution in [2.75, 3.05) is 0 Å². The maximum Gasteiger partial charge on any atom is 0.0821 e. The van der Waals surface area contributed by atoms with E-state index in [1.54, 1.807) is 0 Å². The van der Waals surface area contributed by atoms with Crippen molar-refractivity contribution < 1.29 is 0 Å². The Labute approximate surface area is 113 Å². The van der Waals surface area contributed by atoms with E-state index in [4.69, 9.17) is 0 Å². The molecule has 1 aromatic carbocycles. The Kier molecular flexibility index (Phi) is 2.90. The first-order chi connectivity index (χ1) is 9.13. The first-order valence-corrected chi connectivity index (χ1v) is 6.73. The molecule has 19 heavy (non-hydrogen) atoms. The molecule has 2 heterocycles. The Morgan fingerprint density at radius 1 is 1.11 bits per heavy atom. The molecule has 2 aromatic heterocycles. The van der Waals surface area contributed by atoms with Gasteiger partial charge in [0.25, 0.3) is 0 Å². The van der Waals surface area contributed by atoms with E-state index >= 15 is 0 Å². The highest BCUT2D eigenvalue weighted by molar-refractivity contribution is 5.80. The van der Waals surface area contributed by atoms with Gasteiger partial charge in [-0.3, -0.25) is 4.68 Å². The smallest absolute Gasteiger partial charge is 0.0821 e. The van der Waals surface area contributed by atoms with Gasteiger partial charge in [0.2, 0.25) is 0 Å². The Balaban J connectivity index is 1.94. The van der Waals surface area contributed by atoms with Crippen LogP contribution in [0.2, 0.25) is 0 Å². The first-order valence-electron chi connectivity index (χ1n) is 6.73. The van der Waals surface area contributed by atoms with Gasteiger partial charge in [0.15, 0.2) is 0 Å². The van der Waals surface area contributed by atoms with Crippen molar-refractivity contribution in [3.63, 3.8) is 0 Å². The topological polar surface area (TPSA) is 22.8 Å². The maximum absolute atomic E-state index is 4.61. The number of hydrogen-bond acceptors (Lipinski definition) is 1. The van der Waals surface area contributed by atoms with Crippen molar-refractivity contribution in [1.29, 1.82) is 0 Å². The summed E-state index contributed by atoms with van der Waals surface area (Å²) in [5.74, 6) is 0. The molecular weight excluding hydrogens is 234 g/mol. The Morgan fingerprint density at radius 3 is 2.68 bits per heavy atom. The summed E-state index contributed by atoms with van der Waals surface area (Å²) in [6, 6.07) is 11.2. The normalized spacial score (nSPS) is 11.6. The summed E-state index contributed by atoms with van der Waals surface area (Å²) in [6.45, 7) is 7.24.